The number of aliphatic hydroxyl groups excluding tert-OH is 2. The highest BCUT2D eigenvalue weighted by Gasteiger charge is 2.53. The van der Waals surface area contributed by atoms with Gasteiger partial charge in [-0.1, -0.05) is 45.4 Å². The van der Waals surface area contributed by atoms with Crippen LogP contribution in [0.1, 0.15) is 114 Å². The highest BCUT2D eigenvalue weighted by molar-refractivity contribution is 5.91. The van der Waals surface area contributed by atoms with Gasteiger partial charge in [-0.25, -0.2) is 0 Å². The van der Waals surface area contributed by atoms with Crippen molar-refractivity contribution in [1.29, 1.82) is 0 Å². The van der Waals surface area contributed by atoms with Gasteiger partial charge in [-0.2, -0.15) is 0 Å². The average molecular weight is 1030 g/mol. The van der Waals surface area contributed by atoms with Gasteiger partial charge in [-0.05, 0) is 80.0 Å². The van der Waals surface area contributed by atoms with Gasteiger partial charge in [0.25, 0.3) is 0 Å². The number of aldehydes is 1. The number of ketones is 1. The molecule has 21 atom stereocenters. The second-order valence-corrected chi connectivity index (χ2v) is 20.5. The minimum atomic E-state index is -1.52. The van der Waals surface area contributed by atoms with Crippen LogP contribution in [0.15, 0.2) is 23.8 Å². The predicted molar refractivity (Wildman–Crippen MR) is 259 cm³/mol. The van der Waals surface area contributed by atoms with Crippen LogP contribution in [-0.4, -0.2) is 189 Å². The van der Waals surface area contributed by atoms with Crippen LogP contribution in [0.5, 0.6) is 0 Å². The van der Waals surface area contributed by atoms with E-state index in [1.807, 2.05) is 19.9 Å². The lowest BCUT2D eigenvalue weighted by Gasteiger charge is -2.50. The summed E-state index contributed by atoms with van der Waals surface area (Å²) < 4.78 is 67.1. The smallest absolute Gasteiger partial charge is 0.309 e. The molecule has 0 saturated carbocycles. The van der Waals surface area contributed by atoms with Gasteiger partial charge in [0.05, 0.1) is 43.5 Å². The van der Waals surface area contributed by atoms with E-state index < -0.39 is 152 Å². The van der Waals surface area contributed by atoms with Gasteiger partial charge in [0, 0.05) is 58.2 Å². The molecule has 3 fully saturated rings. The SMILES string of the molecule is CCCC(=O)OC1C(C)OC(OC2C(C)OC(O[C@H]3[C@@H](CC=O)C[C@@H](C)C(=O)/C=C/C(C)=C\C(COC4OC(C)C(O)C(OC)C4OC)[C@H](CC)OC(=O)C[C@@H](OC(C)=O)[C@@H]3C)C(O)C2N(C)C)CC1(C)O. The summed E-state index contributed by atoms with van der Waals surface area (Å²) in [5, 5.41) is 34.5. The molecule has 0 aromatic carbocycles. The van der Waals surface area contributed by atoms with Crippen LogP contribution < -0.4 is 0 Å². The van der Waals surface area contributed by atoms with Crippen molar-refractivity contribution in [3.63, 3.8) is 0 Å². The highest BCUT2D eigenvalue weighted by Crippen LogP contribution is 2.39. The summed E-state index contributed by atoms with van der Waals surface area (Å²) in [6.07, 6.45) is -8.03. The number of nitrogens with zero attached hydrogens (tertiary/aromatic N) is 1. The van der Waals surface area contributed by atoms with Gasteiger partial charge < -0.3 is 77.1 Å². The molecular formula is C52H85NO19. The van der Waals surface area contributed by atoms with E-state index in [-0.39, 0.29) is 38.1 Å². The summed E-state index contributed by atoms with van der Waals surface area (Å²) in [4.78, 5) is 67.6. The molecule has 72 heavy (non-hydrogen) atoms. The summed E-state index contributed by atoms with van der Waals surface area (Å²) in [6.45, 7) is 16.8. The fourth-order valence-corrected chi connectivity index (χ4v) is 10.5. The van der Waals surface area contributed by atoms with Crippen molar-refractivity contribution in [3.8, 4) is 0 Å². The summed E-state index contributed by atoms with van der Waals surface area (Å²) in [7, 11) is 6.41. The van der Waals surface area contributed by atoms with Crippen molar-refractivity contribution < 1.29 is 91.4 Å². The number of cyclic esters (lactones) is 1. The third kappa shape index (κ3) is 16.1. The molecule has 0 amide bonds. The average Bonchev–Trinajstić information content (AvgIpc) is 3.30. The van der Waals surface area contributed by atoms with Crippen LogP contribution in [0.4, 0.5) is 0 Å². The van der Waals surface area contributed by atoms with E-state index in [1.54, 1.807) is 73.5 Å². The summed E-state index contributed by atoms with van der Waals surface area (Å²) in [5.74, 6) is -4.92. The lowest BCUT2D eigenvalue weighted by molar-refractivity contribution is -0.342. The Morgan fingerprint density at radius 1 is 0.875 bits per heavy atom. The lowest BCUT2D eigenvalue weighted by atomic mass is 9.79. The first-order valence-corrected chi connectivity index (χ1v) is 25.5. The van der Waals surface area contributed by atoms with Crippen molar-refractivity contribution in [2.24, 2.45) is 23.7 Å². The molecule has 4 heterocycles. The summed E-state index contributed by atoms with van der Waals surface area (Å²) >= 11 is 0. The zero-order valence-electron chi connectivity index (χ0n) is 44.8. The molecule has 0 radical (unpaired) electrons. The number of likely N-dealkylation sites (N-methyl/N-ethyl adjacent to an activating group) is 1. The lowest BCUT2D eigenvalue weighted by Crippen LogP contribution is -2.65. The molecule has 3 saturated heterocycles. The Hall–Kier alpha value is -3.25. The van der Waals surface area contributed by atoms with Crippen LogP contribution >= 0.6 is 0 Å². The normalized spacial score (nSPS) is 41.9. The number of rotatable bonds is 17. The fourth-order valence-electron chi connectivity index (χ4n) is 10.5. The molecule has 20 heteroatoms. The van der Waals surface area contributed by atoms with Crippen LogP contribution in [0, 0.1) is 23.7 Å². The minimum Gasteiger partial charge on any atom is -0.462 e. The molecule has 4 aliphatic rings. The van der Waals surface area contributed by atoms with Crippen molar-refractivity contribution in [1.82, 2.24) is 4.90 Å². The van der Waals surface area contributed by atoms with E-state index in [9.17, 15) is 39.3 Å². The Balaban J connectivity index is 1.67. The molecule has 15 unspecified atom stereocenters. The Kier molecular flexibility index (Phi) is 23.9. The molecule has 0 aliphatic carbocycles. The first kappa shape index (κ1) is 61.3. The van der Waals surface area contributed by atoms with Crippen LogP contribution in [-0.2, 0) is 76.1 Å². The first-order valence-electron chi connectivity index (χ1n) is 25.5. The number of allylic oxidation sites excluding steroid dienone is 3. The molecule has 4 aliphatic heterocycles. The van der Waals surface area contributed by atoms with Gasteiger partial charge in [-0.15, -0.1) is 0 Å². The van der Waals surface area contributed by atoms with Crippen molar-refractivity contribution >= 4 is 30.0 Å². The molecule has 412 valence electrons. The number of hydrogen-bond donors (Lipinski definition) is 3. The zero-order chi connectivity index (χ0) is 53.8. The molecular weight excluding hydrogens is 943 g/mol. The predicted octanol–water partition coefficient (Wildman–Crippen LogP) is 3.76. The Bertz CT molecular complexity index is 1830. The van der Waals surface area contributed by atoms with E-state index in [4.69, 9.17) is 52.1 Å². The van der Waals surface area contributed by atoms with Gasteiger partial charge in [0.1, 0.15) is 54.6 Å². The largest absolute Gasteiger partial charge is 0.462 e. The number of carbonyl (C=O) groups excluding carboxylic acids is 5. The third-order valence-electron chi connectivity index (χ3n) is 14.4. The molecule has 0 spiro atoms. The van der Waals surface area contributed by atoms with E-state index >= 15 is 0 Å². The monoisotopic (exact) mass is 1030 g/mol. The maximum Gasteiger partial charge on any atom is 0.309 e. The molecule has 0 aromatic heterocycles. The molecule has 20 nitrogen and oxygen atoms in total. The van der Waals surface area contributed by atoms with Gasteiger partial charge >= 0.3 is 17.9 Å². The molecule has 0 aromatic rings. The fraction of sp³-hybridized carbons (Fsp3) is 0.827. The third-order valence-corrected chi connectivity index (χ3v) is 14.4. The molecule has 0 bridgehead atoms. The van der Waals surface area contributed by atoms with Crippen molar-refractivity contribution in [2.45, 2.75) is 218 Å². The number of aliphatic hydroxyl groups is 3. The van der Waals surface area contributed by atoms with Gasteiger partial charge in [-0.3, -0.25) is 19.2 Å². The number of esters is 3. The number of carbonyl (C=O) groups is 5. The van der Waals surface area contributed by atoms with E-state index in [0.717, 1.165) is 0 Å². The number of ether oxygens (including phenoxy) is 11. The Labute approximate surface area is 425 Å². The van der Waals surface area contributed by atoms with Gasteiger partial charge in [0.2, 0.25) is 0 Å². The highest BCUT2D eigenvalue weighted by atomic mass is 16.7. The van der Waals surface area contributed by atoms with E-state index in [0.29, 0.717) is 24.7 Å². The quantitative estimate of drug-likeness (QED) is 0.107. The van der Waals surface area contributed by atoms with E-state index in [1.165, 1.54) is 27.2 Å². The van der Waals surface area contributed by atoms with Crippen LogP contribution in [0.3, 0.4) is 0 Å². The second kappa shape index (κ2) is 28.0. The zero-order valence-corrected chi connectivity index (χ0v) is 44.8. The van der Waals surface area contributed by atoms with Crippen molar-refractivity contribution in [3.05, 3.63) is 23.8 Å². The number of hydrogen-bond acceptors (Lipinski definition) is 20. The standard InChI is InChI=1S/C52H85NO19/c1-15-17-39(57)70-49-32(8)65-41(25-52(49,10)61)71-46-31(7)67-50(44(60)42(46)53(11)12)72-45-29(5)38(68-33(9)55)24-40(58)69-37(16-2)35(22-27(3)18-19-36(56)28(4)23-34(45)20-21-54)26-64-51-48(63-14)47(62-13)43(59)30(6)66-51/h18-19,21-22,28-32,34-35,37-38,41-51,59-61H,15-17,20,23-26H2,1-14H3/b19-18+,27-22-/t28-,29+,30?,31?,32?,34+,35?,37+,38-,41?,42?,43?,44?,45-,46?,47?,48?,49?,50?,51?,52?/m1/s1. The maximum absolute atomic E-state index is 14.2. The molecule has 3 N–H and O–H groups in total. The first-order chi connectivity index (χ1) is 33.9. The summed E-state index contributed by atoms with van der Waals surface area (Å²) in [6, 6.07) is -0.806. The van der Waals surface area contributed by atoms with Crippen LogP contribution in [0.25, 0.3) is 0 Å². The number of methoxy groups -OCH3 is 2. The van der Waals surface area contributed by atoms with E-state index in [2.05, 4.69) is 0 Å². The van der Waals surface area contributed by atoms with Crippen LogP contribution in [0.2, 0.25) is 0 Å². The Morgan fingerprint density at radius 3 is 2.12 bits per heavy atom. The van der Waals surface area contributed by atoms with Gasteiger partial charge in [0.15, 0.2) is 30.8 Å². The van der Waals surface area contributed by atoms with Crippen molar-refractivity contribution in [2.75, 3.05) is 34.9 Å². The topological polar surface area (TPSA) is 251 Å². The molecule has 4 rings (SSSR count). The summed E-state index contributed by atoms with van der Waals surface area (Å²) in [5.41, 5.74) is -0.854. The minimum absolute atomic E-state index is 0.0372. The second-order valence-electron chi connectivity index (χ2n) is 20.5. The Morgan fingerprint density at radius 2 is 1.54 bits per heavy atom. The maximum atomic E-state index is 14.2.